The van der Waals surface area contributed by atoms with E-state index in [-0.39, 0.29) is 5.92 Å². The van der Waals surface area contributed by atoms with Crippen LogP contribution in [0.5, 0.6) is 0 Å². The van der Waals surface area contributed by atoms with Crippen molar-refractivity contribution >= 4 is 29.5 Å². The summed E-state index contributed by atoms with van der Waals surface area (Å²) >= 11 is 6.51. The molecular formula is C8H9NO2S2. The summed E-state index contributed by atoms with van der Waals surface area (Å²) in [6, 6.07) is 0. The molecule has 0 aliphatic heterocycles. The van der Waals surface area contributed by atoms with Gasteiger partial charge in [0.05, 0.1) is 5.92 Å². The van der Waals surface area contributed by atoms with Crippen molar-refractivity contribution in [3.63, 3.8) is 0 Å². The molecular weight excluding hydrogens is 206 g/mol. The van der Waals surface area contributed by atoms with Crippen molar-refractivity contribution in [3.05, 3.63) is 14.5 Å². The Hall–Kier alpha value is -0.680. The molecule has 1 aromatic heterocycles. The summed E-state index contributed by atoms with van der Waals surface area (Å²) in [7, 11) is 0. The van der Waals surface area contributed by atoms with Crippen LogP contribution in [-0.4, -0.2) is 16.1 Å². The van der Waals surface area contributed by atoms with Crippen molar-refractivity contribution in [2.45, 2.75) is 19.3 Å². The predicted octanol–water partition coefficient (Wildman–Crippen LogP) is 2.00. The first-order valence-corrected chi connectivity index (χ1v) is 5.33. The van der Waals surface area contributed by atoms with E-state index in [4.69, 9.17) is 17.3 Å². The van der Waals surface area contributed by atoms with Crippen LogP contribution >= 0.6 is 23.6 Å². The molecule has 1 aliphatic carbocycles. The van der Waals surface area contributed by atoms with Gasteiger partial charge in [-0.05, 0) is 31.5 Å². The molecule has 2 rings (SSSR count). The van der Waals surface area contributed by atoms with Gasteiger partial charge >= 0.3 is 5.97 Å². The molecule has 0 saturated carbocycles. The van der Waals surface area contributed by atoms with Gasteiger partial charge in [-0.1, -0.05) is 0 Å². The Morgan fingerprint density at radius 3 is 3.15 bits per heavy atom. The second kappa shape index (κ2) is 3.23. The maximum absolute atomic E-state index is 10.7. The van der Waals surface area contributed by atoms with E-state index >= 15 is 0 Å². The number of carbonyl (C=O) groups is 1. The highest BCUT2D eigenvalue weighted by Crippen LogP contribution is 2.28. The Balaban J connectivity index is 2.29. The molecule has 1 atom stereocenters. The van der Waals surface area contributed by atoms with E-state index in [1.807, 2.05) is 0 Å². The third kappa shape index (κ3) is 1.66. The van der Waals surface area contributed by atoms with E-state index in [0.29, 0.717) is 6.42 Å². The Morgan fingerprint density at radius 1 is 1.69 bits per heavy atom. The average Bonchev–Trinajstić information content (AvgIpc) is 2.42. The molecule has 1 heterocycles. The summed E-state index contributed by atoms with van der Waals surface area (Å²) in [6.45, 7) is 0. The van der Waals surface area contributed by atoms with Crippen LogP contribution in [0.4, 0.5) is 0 Å². The lowest BCUT2D eigenvalue weighted by molar-refractivity contribution is -0.142. The van der Waals surface area contributed by atoms with E-state index < -0.39 is 5.97 Å². The van der Waals surface area contributed by atoms with Crippen LogP contribution in [0.2, 0.25) is 0 Å². The number of thiazole rings is 1. The number of fused-ring (bicyclic) bond motifs is 1. The highest BCUT2D eigenvalue weighted by Gasteiger charge is 2.25. The number of aromatic nitrogens is 1. The van der Waals surface area contributed by atoms with Crippen LogP contribution in [0, 0.1) is 9.87 Å². The van der Waals surface area contributed by atoms with Gasteiger partial charge in [0, 0.05) is 10.6 Å². The van der Waals surface area contributed by atoms with E-state index in [2.05, 4.69) is 4.98 Å². The molecule has 0 amide bonds. The minimum Gasteiger partial charge on any atom is -0.481 e. The van der Waals surface area contributed by atoms with Crippen LogP contribution in [0.25, 0.3) is 0 Å². The zero-order valence-electron chi connectivity index (χ0n) is 6.87. The smallest absolute Gasteiger partial charge is 0.306 e. The minimum absolute atomic E-state index is 0.214. The van der Waals surface area contributed by atoms with Crippen LogP contribution in [0.15, 0.2) is 0 Å². The zero-order valence-corrected chi connectivity index (χ0v) is 8.50. The summed E-state index contributed by atoms with van der Waals surface area (Å²) in [5.74, 6) is -0.904. The zero-order chi connectivity index (χ0) is 9.42. The summed E-state index contributed by atoms with van der Waals surface area (Å²) < 4.78 is 0.760. The fourth-order valence-corrected chi connectivity index (χ4v) is 3.00. The maximum atomic E-state index is 10.7. The number of aliphatic carboxylic acids is 1. The number of carboxylic acids is 1. The number of hydrogen-bond donors (Lipinski definition) is 2. The largest absolute Gasteiger partial charge is 0.481 e. The molecule has 0 fully saturated rings. The second-order valence-corrected chi connectivity index (χ2v) is 4.97. The fraction of sp³-hybridized carbons (Fsp3) is 0.500. The molecule has 0 bridgehead atoms. The number of rotatable bonds is 1. The number of hydrogen-bond acceptors (Lipinski definition) is 3. The first kappa shape index (κ1) is 8.90. The highest BCUT2D eigenvalue weighted by molar-refractivity contribution is 7.73. The SMILES string of the molecule is O=C(O)C1CCc2[nH]c(=S)sc2C1. The lowest BCUT2D eigenvalue weighted by Gasteiger charge is -2.16. The molecule has 0 radical (unpaired) electrons. The quantitative estimate of drug-likeness (QED) is 0.704. The minimum atomic E-state index is -0.690. The lowest BCUT2D eigenvalue weighted by atomic mass is 9.91. The highest BCUT2D eigenvalue weighted by atomic mass is 32.1. The van der Waals surface area contributed by atoms with Crippen molar-refractivity contribution in [2.75, 3.05) is 0 Å². The van der Waals surface area contributed by atoms with Crippen LogP contribution < -0.4 is 0 Å². The standard InChI is InChI=1S/C8H9NO2S2/c10-7(11)4-1-2-5-6(3-4)13-8(12)9-5/h4H,1-3H2,(H,9,12)(H,10,11). The normalized spacial score (nSPS) is 21.1. The lowest BCUT2D eigenvalue weighted by Crippen LogP contribution is -2.21. The molecule has 0 aromatic carbocycles. The van der Waals surface area contributed by atoms with Gasteiger partial charge in [-0.3, -0.25) is 4.79 Å². The van der Waals surface area contributed by atoms with E-state index in [1.54, 1.807) is 0 Å². The molecule has 0 spiro atoms. The fourth-order valence-electron chi connectivity index (χ4n) is 1.61. The summed E-state index contributed by atoms with van der Waals surface area (Å²) in [4.78, 5) is 15.0. The first-order valence-electron chi connectivity index (χ1n) is 4.10. The molecule has 1 unspecified atom stereocenters. The third-order valence-electron chi connectivity index (χ3n) is 2.33. The van der Waals surface area contributed by atoms with Crippen molar-refractivity contribution in [2.24, 2.45) is 5.92 Å². The Labute approximate surface area is 84.4 Å². The summed E-state index contributed by atoms with van der Waals surface area (Å²) in [5.41, 5.74) is 1.15. The first-order chi connectivity index (χ1) is 6.16. The third-order valence-corrected chi connectivity index (χ3v) is 3.63. The van der Waals surface area contributed by atoms with Gasteiger partial charge in [0.25, 0.3) is 0 Å². The van der Waals surface area contributed by atoms with E-state index in [0.717, 1.165) is 27.4 Å². The van der Waals surface area contributed by atoms with Crippen LogP contribution in [-0.2, 0) is 17.6 Å². The molecule has 1 aromatic rings. The number of carboxylic acid groups (broad SMARTS) is 1. The van der Waals surface area contributed by atoms with Crippen molar-refractivity contribution < 1.29 is 9.90 Å². The second-order valence-electron chi connectivity index (χ2n) is 3.19. The Morgan fingerprint density at radius 2 is 2.46 bits per heavy atom. The van der Waals surface area contributed by atoms with E-state index in [1.165, 1.54) is 11.3 Å². The van der Waals surface area contributed by atoms with Gasteiger partial charge in [-0.25, -0.2) is 0 Å². The topological polar surface area (TPSA) is 53.1 Å². The summed E-state index contributed by atoms with van der Waals surface area (Å²) in [5, 5.41) is 8.84. The van der Waals surface area contributed by atoms with Gasteiger partial charge in [0.15, 0.2) is 3.95 Å². The van der Waals surface area contributed by atoms with E-state index in [9.17, 15) is 4.79 Å². The van der Waals surface area contributed by atoms with Crippen molar-refractivity contribution in [3.8, 4) is 0 Å². The number of H-pyrrole nitrogens is 1. The predicted molar refractivity (Wildman–Crippen MR) is 52.7 cm³/mol. The van der Waals surface area contributed by atoms with Gasteiger partial charge in [0.1, 0.15) is 0 Å². The van der Waals surface area contributed by atoms with Crippen molar-refractivity contribution in [1.82, 2.24) is 4.98 Å². The van der Waals surface area contributed by atoms with Crippen LogP contribution in [0.1, 0.15) is 17.0 Å². The molecule has 70 valence electrons. The molecule has 5 heteroatoms. The molecule has 2 N–H and O–H groups in total. The number of aromatic amines is 1. The maximum Gasteiger partial charge on any atom is 0.306 e. The van der Waals surface area contributed by atoms with Gasteiger partial charge in [0.2, 0.25) is 0 Å². The van der Waals surface area contributed by atoms with Crippen LogP contribution in [0.3, 0.4) is 0 Å². The monoisotopic (exact) mass is 215 g/mol. The Kier molecular flexibility index (Phi) is 2.21. The molecule has 3 nitrogen and oxygen atoms in total. The average molecular weight is 215 g/mol. The number of nitrogens with one attached hydrogen (secondary N) is 1. The molecule has 13 heavy (non-hydrogen) atoms. The summed E-state index contributed by atoms with van der Waals surface area (Å²) in [6.07, 6.45) is 2.19. The molecule has 1 aliphatic rings. The van der Waals surface area contributed by atoms with Gasteiger partial charge < -0.3 is 10.1 Å². The van der Waals surface area contributed by atoms with Gasteiger partial charge in [-0.15, -0.1) is 11.3 Å². The number of aryl methyl sites for hydroxylation is 1. The van der Waals surface area contributed by atoms with Gasteiger partial charge in [-0.2, -0.15) is 0 Å². The Bertz CT molecular complexity index is 393. The van der Waals surface area contributed by atoms with Crippen molar-refractivity contribution in [1.29, 1.82) is 0 Å². The molecule has 0 saturated heterocycles.